The van der Waals surface area contributed by atoms with Gasteiger partial charge < -0.3 is 10.2 Å². The van der Waals surface area contributed by atoms with Gasteiger partial charge in [0.15, 0.2) is 0 Å². The number of rotatable bonds is 4. The molecular weight excluding hydrogens is 244 g/mol. The molecule has 1 N–H and O–H groups in total. The van der Waals surface area contributed by atoms with Gasteiger partial charge >= 0.3 is 0 Å². The summed E-state index contributed by atoms with van der Waals surface area (Å²) in [4.78, 5) is 14.3. The standard InChI is InChI=1S/C14H26N2OS/c1-2-3-12-4-7-16(8-5-12)14(17)10-13-11-18-9-6-15-13/h12-13,15H,2-11H2,1H3. The molecule has 2 aliphatic heterocycles. The minimum atomic E-state index is 0.366. The molecule has 2 fully saturated rings. The summed E-state index contributed by atoms with van der Waals surface area (Å²) >= 11 is 1.97. The van der Waals surface area contributed by atoms with Crippen LogP contribution in [-0.4, -0.2) is 48.0 Å². The Morgan fingerprint density at radius 2 is 2.17 bits per heavy atom. The highest BCUT2D eigenvalue weighted by molar-refractivity contribution is 7.99. The molecule has 2 rings (SSSR count). The first kappa shape index (κ1) is 14.2. The number of nitrogens with zero attached hydrogens (tertiary/aromatic N) is 1. The van der Waals surface area contributed by atoms with Crippen molar-refractivity contribution in [3.05, 3.63) is 0 Å². The molecule has 0 saturated carbocycles. The topological polar surface area (TPSA) is 32.3 Å². The zero-order valence-electron chi connectivity index (χ0n) is 11.5. The Hall–Kier alpha value is -0.220. The third-order valence-corrected chi connectivity index (χ3v) is 5.21. The van der Waals surface area contributed by atoms with Crippen molar-refractivity contribution in [2.45, 2.75) is 45.1 Å². The molecule has 0 aliphatic carbocycles. The van der Waals surface area contributed by atoms with Crippen LogP contribution in [-0.2, 0) is 4.79 Å². The van der Waals surface area contributed by atoms with Crippen molar-refractivity contribution in [1.82, 2.24) is 10.2 Å². The van der Waals surface area contributed by atoms with Crippen LogP contribution >= 0.6 is 11.8 Å². The zero-order valence-corrected chi connectivity index (χ0v) is 12.3. The van der Waals surface area contributed by atoms with Gasteiger partial charge in [0.2, 0.25) is 5.91 Å². The molecule has 0 aromatic rings. The number of carbonyl (C=O) groups excluding carboxylic acids is 1. The van der Waals surface area contributed by atoms with Crippen molar-refractivity contribution in [3.63, 3.8) is 0 Å². The molecule has 1 atom stereocenters. The van der Waals surface area contributed by atoms with Gasteiger partial charge in [-0.3, -0.25) is 4.79 Å². The number of piperidine rings is 1. The molecule has 2 saturated heterocycles. The molecule has 2 heterocycles. The Balaban J connectivity index is 1.70. The normalized spacial score (nSPS) is 26.3. The summed E-state index contributed by atoms with van der Waals surface area (Å²) in [6, 6.07) is 0.407. The summed E-state index contributed by atoms with van der Waals surface area (Å²) in [5, 5.41) is 3.45. The van der Waals surface area contributed by atoms with Crippen molar-refractivity contribution in [2.75, 3.05) is 31.1 Å². The number of hydrogen-bond acceptors (Lipinski definition) is 3. The van der Waals surface area contributed by atoms with Gasteiger partial charge in [-0.2, -0.15) is 11.8 Å². The van der Waals surface area contributed by atoms with Gasteiger partial charge in [0.05, 0.1) is 0 Å². The molecule has 1 unspecified atom stereocenters. The Labute approximate surface area is 115 Å². The molecule has 0 aromatic carbocycles. The number of carbonyl (C=O) groups is 1. The van der Waals surface area contributed by atoms with Crippen LogP contribution in [0, 0.1) is 5.92 Å². The average Bonchev–Trinajstić information content (AvgIpc) is 2.41. The minimum absolute atomic E-state index is 0.366. The van der Waals surface area contributed by atoms with Crippen LogP contribution in [0.4, 0.5) is 0 Å². The number of nitrogens with one attached hydrogen (secondary N) is 1. The van der Waals surface area contributed by atoms with Gasteiger partial charge in [-0.05, 0) is 18.8 Å². The predicted octanol–water partition coefficient (Wildman–Crippen LogP) is 2.12. The fourth-order valence-corrected chi connectivity index (χ4v) is 3.92. The lowest BCUT2D eigenvalue weighted by molar-refractivity contribution is -0.133. The van der Waals surface area contributed by atoms with Crippen LogP contribution in [0.25, 0.3) is 0 Å². The molecule has 2 aliphatic rings. The predicted molar refractivity (Wildman–Crippen MR) is 77.9 cm³/mol. The van der Waals surface area contributed by atoms with Crippen molar-refractivity contribution >= 4 is 17.7 Å². The van der Waals surface area contributed by atoms with Gasteiger partial charge in [0.25, 0.3) is 0 Å². The smallest absolute Gasteiger partial charge is 0.224 e. The second kappa shape index (κ2) is 7.39. The Morgan fingerprint density at radius 1 is 1.39 bits per heavy atom. The number of hydrogen-bond donors (Lipinski definition) is 1. The van der Waals surface area contributed by atoms with Crippen LogP contribution in [0.3, 0.4) is 0 Å². The molecule has 0 spiro atoms. The summed E-state index contributed by atoms with van der Waals surface area (Å²) in [6.07, 6.45) is 5.75. The Bertz CT molecular complexity index is 259. The first-order chi connectivity index (χ1) is 8.79. The van der Waals surface area contributed by atoms with E-state index in [4.69, 9.17) is 0 Å². The van der Waals surface area contributed by atoms with E-state index in [2.05, 4.69) is 17.1 Å². The maximum atomic E-state index is 12.2. The second-order valence-corrected chi connectivity index (χ2v) is 6.69. The van der Waals surface area contributed by atoms with E-state index in [9.17, 15) is 4.79 Å². The van der Waals surface area contributed by atoms with Crippen molar-refractivity contribution < 1.29 is 4.79 Å². The van der Waals surface area contributed by atoms with Crippen molar-refractivity contribution in [3.8, 4) is 0 Å². The fourth-order valence-electron chi connectivity index (χ4n) is 2.97. The molecule has 18 heavy (non-hydrogen) atoms. The van der Waals surface area contributed by atoms with E-state index in [0.717, 1.165) is 31.3 Å². The van der Waals surface area contributed by atoms with Gasteiger partial charge in [-0.1, -0.05) is 19.8 Å². The molecule has 1 amide bonds. The van der Waals surface area contributed by atoms with Gasteiger partial charge in [-0.25, -0.2) is 0 Å². The van der Waals surface area contributed by atoms with E-state index in [-0.39, 0.29) is 0 Å². The van der Waals surface area contributed by atoms with Gasteiger partial charge in [0.1, 0.15) is 0 Å². The Morgan fingerprint density at radius 3 is 2.78 bits per heavy atom. The zero-order chi connectivity index (χ0) is 12.8. The summed E-state index contributed by atoms with van der Waals surface area (Å²) in [7, 11) is 0. The van der Waals surface area contributed by atoms with E-state index in [1.54, 1.807) is 0 Å². The quantitative estimate of drug-likeness (QED) is 0.849. The van der Waals surface area contributed by atoms with Crippen LogP contribution in [0.15, 0.2) is 0 Å². The first-order valence-corrected chi connectivity index (χ1v) is 8.54. The SMILES string of the molecule is CCCC1CCN(C(=O)CC2CSCCN2)CC1. The molecular formula is C14H26N2OS. The molecule has 4 heteroatoms. The highest BCUT2D eigenvalue weighted by atomic mass is 32.2. The highest BCUT2D eigenvalue weighted by Crippen LogP contribution is 2.22. The van der Waals surface area contributed by atoms with Crippen LogP contribution in [0.5, 0.6) is 0 Å². The monoisotopic (exact) mass is 270 g/mol. The van der Waals surface area contributed by atoms with Gasteiger partial charge in [0, 0.05) is 43.6 Å². The van der Waals surface area contributed by atoms with E-state index in [1.165, 1.54) is 31.4 Å². The van der Waals surface area contributed by atoms with Crippen molar-refractivity contribution in [2.24, 2.45) is 5.92 Å². The van der Waals surface area contributed by atoms with Crippen LogP contribution in [0.2, 0.25) is 0 Å². The summed E-state index contributed by atoms with van der Waals surface area (Å²) in [6.45, 7) is 5.29. The van der Waals surface area contributed by atoms with E-state index < -0.39 is 0 Å². The summed E-state index contributed by atoms with van der Waals surface area (Å²) < 4.78 is 0. The third kappa shape index (κ3) is 4.16. The number of likely N-dealkylation sites (tertiary alicyclic amines) is 1. The molecule has 0 aromatic heterocycles. The lowest BCUT2D eigenvalue weighted by atomic mass is 9.92. The fraction of sp³-hybridized carbons (Fsp3) is 0.929. The first-order valence-electron chi connectivity index (χ1n) is 7.38. The second-order valence-electron chi connectivity index (χ2n) is 5.54. The summed E-state index contributed by atoms with van der Waals surface area (Å²) in [5.41, 5.74) is 0. The Kier molecular flexibility index (Phi) is 5.83. The van der Waals surface area contributed by atoms with Crippen LogP contribution < -0.4 is 5.32 Å². The van der Waals surface area contributed by atoms with E-state index in [1.807, 2.05) is 11.8 Å². The minimum Gasteiger partial charge on any atom is -0.343 e. The van der Waals surface area contributed by atoms with Crippen molar-refractivity contribution in [1.29, 1.82) is 0 Å². The molecule has 104 valence electrons. The number of thioether (sulfide) groups is 1. The maximum Gasteiger partial charge on any atom is 0.224 e. The largest absolute Gasteiger partial charge is 0.343 e. The maximum absolute atomic E-state index is 12.2. The molecule has 0 radical (unpaired) electrons. The molecule has 3 nitrogen and oxygen atoms in total. The van der Waals surface area contributed by atoms with Gasteiger partial charge in [-0.15, -0.1) is 0 Å². The highest BCUT2D eigenvalue weighted by Gasteiger charge is 2.24. The van der Waals surface area contributed by atoms with E-state index >= 15 is 0 Å². The lowest BCUT2D eigenvalue weighted by Gasteiger charge is -2.33. The summed E-state index contributed by atoms with van der Waals surface area (Å²) in [5.74, 6) is 3.51. The van der Waals surface area contributed by atoms with E-state index in [0.29, 0.717) is 18.4 Å². The average molecular weight is 270 g/mol. The van der Waals surface area contributed by atoms with Crippen LogP contribution in [0.1, 0.15) is 39.0 Å². The lowest BCUT2D eigenvalue weighted by Crippen LogP contribution is -2.44. The third-order valence-electron chi connectivity index (χ3n) is 4.08. The number of amides is 1. The molecule has 0 bridgehead atoms.